The van der Waals surface area contributed by atoms with E-state index in [0.717, 1.165) is 25.8 Å². The van der Waals surface area contributed by atoms with Gasteiger partial charge in [-0.15, -0.1) is 0 Å². The highest BCUT2D eigenvalue weighted by molar-refractivity contribution is 5.94. The average molecular weight is 267 g/mol. The number of piperidine rings is 1. The number of nitrogens with zero attached hydrogens (tertiary/aromatic N) is 2. The quantitative estimate of drug-likeness (QED) is 0.811. The van der Waals surface area contributed by atoms with Crippen molar-refractivity contribution < 1.29 is 9.59 Å². The zero-order valence-electron chi connectivity index (χ0n) is 12.0. The third kappa shape index (κ3) is 3.47. The van der Waals surface area contributed by atoms with Crippen molar-refractivity contribution in [2.75, 3.05) is 26.7 Å². The van der Waals surface area contributed by atoms with Crippen LogP contribution in [0.1, 0.15) is 39.0 Å². The monoisotopic (exact) mass is 267 g/mol. The lowest BCUT2D eigenvalue weighted by Gasteiger charge is -2.39. The van der Waals surface area contributed by atoms with Crippen LogP contribution in [0.25, 0.3) is 0 Å². The van der Waals surface area contributed by atoms with E-state index in [1.165, 1.54) is 12.8 Å². The molecule has 0 saturated carbocycles. The SMILES string of the molecule is CCCC1NC(=O)CN(CC2CCCCN2C)C1=O. The summed E-state index contributed by atoms with van der Waals surface area (Å²) >= 11 is 0. The minimum Gasteiger partial charge on any atom is -0.343 e. The molecule has 2 rings (SSSR count). The van der Waals surface area contributed by atoms with E-state index in [1.54, 1.807) is 4.90 Å². The van der Waals surface area contributed by atoms with Gasteiger partial charge in [-0.25, -0.2) is 0 Å². The Morgan fingerprint density at radius 2 is 2.11 bits per heavy atom. The molecule has 2 heterocycles. The fourth-order valence-corrected chi connectivity index (χ4v) is 3.04. The molecule has 0 aromatic carbocycles. The Morgan fingerprint density at radius 1 is 1.32 bits per heavy atom. The fraction of sp³-hybridized carbons (Fsp3) is 0.857. The van der Waals surface area contributed by atoms with E-state index in [-0.39, 0.29) is 24.4 Å². The first-order valence-corrected chi connectivity index (χ1v) is 7.40. The molecule has 5 heteroatoms. The Labute approximate surface area is 115 Å². The van der Waals surface area contributed by atoms with E-state index in [0.29, 0.717) is 12.6 Å². The Kier molecular flexibility index (Phi) is 4.80. The number of nitrogens with one attached hydrogen (secondary N) is 1. The van der Waals surface area contributed by atoms with Gasteiger partial charge in [-0.2, -0.15) is 0 Å². The summed E-state index contributed by atoms with van der Waals surface area (Å²) in [6, 6.07) is 0.103. The molecule has 0 spiro atoms. The molecule has 1 N–H and O–H groups in total. The molecule has 2 fully saturated rings. The molecule has 19 heavy (non-hydrogen) atoms. The maximum atomic E-state index is 12.3. The topological polar surface area (TPSA) is 52.7 Å². The van der Waals surface area contributed by atoms with Crippen LogP contribution < -0.4 is 5.32 Å². The summed E-state index contributed by atoms with van der Waals surface area (Å²) in [6.45, 7) is 4.05. The van der Waals surface area contributed by atoms with Gasteiger partial charge in [-0.3, -0.25) is 9.59 Å². The Hall–Kier alpha value is -1.10. The number of likely N-dealkylation sites (tertiary alicyclic amines) is 1. The second-order valence-electron chi connectivity index (χ2n) is 5.76. The summed E-state index contributed by atoms with van der Waals surface area (Å²) in [7, 11) is 2.11. The highest BCUT2D eigenvalue weighted by Gasteiger charge is 2.34. The van der Waals surface area contributed by atoms with Gasteiger partial charge < -0.3 is 15.1 Å². The molecule has 0 radical (unpaired) electrons. The number of rotatable bonds is 4. The standard InChI is InChI=1S/C14H25N3O2/c1-3-6-12-14(19)17(10-13(18)15-12)9-11-7-4-5-8-16(11)2/h11-12H,3-10H2,1-2H3,(H,15,18). The molecule has 108 valence electrons. The normalized spacial score (nSPS) is 29.5. The lowest BCUT2D eigenvalue weighted by atomic mass is 10.0. The predicted molar refractivity (Wildman–Crippen MR) is 73.7 cm³/mol. The maximum Gasteiger partial charge on any atom is 0.245 e. The summed E-state index contributed by atoms with van der Waals surface area (Å²) in [5, 5.41) is 2.80. The molecular formula is C14H25N3O2. The first-order chi connectivity index (χ1) is 9.11. The fourth-order valence-electron chi connectivity index (χ4n) is 3.04. The van der Waals surface area contributed by atoms with Crippen LogP contribution in [-0.4, -0.2) is 60.4 Å². The lowest BCUT2D eigenvalue weighted by Crippen LogP contribution is -2.60. The molecule has 5 nitrogen and oxygen atoms in total. The number of carbonyl (C=O) groups is 2. The van der Waals surface area contributed by atoms with Crippen LogP contribution in [0.5, 0.6) is 0 Å². The van der Waals surface area contributed by atoms with Gasteiger partial charge in [0.2, 0.25) is 11.8 Å². The zero-order valence-corrected chi connectivity index (χ0v) is 12.0. The van der Waals surface area contributed by atoms with E-state index in [1.807, 2.05) is 6.92 Å². The van der Waals surface area contributed by atoms with Crippen molar-refractivity contribution in [3.63, 3.8) is 0 Å². The summed E-state index contributed by atoms with van der Waals surface area (Å²) in [5.74, 6) is 0.0805. The van der Waals surface area contributed by atoms with Crippen LogP contribution in [-0.2, 0) is 9.59 Å². The van der Waals surface area contributed by atoms with Crippen molar-refractivity contribution in [2.24, 2.45) is 0 Å². The van der Waals surface area contributed by atoms with Crippen molar-refractivity contribution in [3.05, 3.63) is 0 Å². The molecule has 0 aromatic heterocycles. The van der Waals surface area contributed by atoms with Crippen molar-refractivity contribution >= 4 is 11.8 Å². The van der Waals surface area contributed by atoms with Crippen molar-refractivity contribution in [3.8, 4) is 0 Å². The van der Waals surface area contributed by atoms with Gasteiger partial charge in [0.1, 0.15) is 6.04 Å². The molecule has 2 unspecified atom stereocenters. The van der Waals surface area contributed by atoms with Crippen molar-refractivity contribution in [1.82, 2.24) is 15.1 Å². The van der Waals surface area contributed by atoms with Gasteiger partial charge in [-0.05, 0) is 32.9 Å². The van der Waals surface area contributed by atoms with E-state index in [2.05, 4.69) is 17.3 Å². The Balaban J connectivity index is 1.97. The van der Waals surface area contributed by atoms with Gasteiger partial charge in [0, 0.05) is 12.6 Å². The van der Waals surface area contributed by atoms with Crippen molar-refractivity contribution in [2.45, 2.75) is 51.1 Å². The number of hydrogen-bond donors (Lipinski definition) is 1. The number of hydrogen-bond acceptors (Lipinski definition) is 3. The molecular weight excluding hydrogens is 242 g/mol. The molecule has 2 saturated heterocycles. The minimum absolute atomic E-state index is 0.0171. The summed E-state index contributed by atoms with van der Waals surface area (Å²) < 4.78 is 0. The maximum absolute atomic E-state index is 12.3. The summed E-state index contributed by atoms with van der Waals surface area (Å²) in [6.07, 6.45) is 5.23. The highest BCUT2D eigenvalue weighted by Crippen LogP contribution is 2.17. The summed E-state index contributed by atoms with van der Waals surface area (Å²) in [5.41, 5.74) is 0. The van der Waals surface area contributed by atoms with Gasteiger partial charge in [0.25, 0.3) is 0 Å². The van der Waals surface area contributed by atoms with Crippen LogP contribution in [0, 0.1) is 0 Å². The molecule has 2 aliphatic rings. The average Bonchev–Trinajstić information content (AvgIpc) is 2.38. The predicted octanol–water partition coefficient (Wildman–Crippen LogP) is 0.598. The van der Waals surface area contributed by atoms with Gasteiger partial charge in [-0.1, -0.05) is 19.8 Å². The van der Waals surface area contributed by atoms with Crippen LogP contribution in [0.2, 0.25) is 0 Å². The van der Waals surface area contributed by atoms with E-state index in [4.69, 9.17) is 0 Å². The van der Waals surface area contributed by atoms with E-state index < -0.39 is 0 Å². The lowest BCUT2D eigenvalue weighted by molar-refractivity contribution is -0.145. The largest absolute Gasteiger partial charge is 0.343 e. The third-order valence-corrected chi connectivity index (χ3v) is 4.21. The second-order valence-corrected chi connectivity index (χ2v) is 5.76. The molecule has 0 bridgehead atoms. The smallest absolute Gasteiger partial charge is 0.245 e. The first-order valence-electron chi connectivity index (χ1n) is 7.40. The highest BCUT2D eigenvalue weighted by atomic mass is 16.2. The van der Waals surface area contributed by atoms with Crippen molar-refractivity contribution in [1.29, 1.82) is 0 Å². The molecule has 2 amide bonds. The van der Waals surface area contributed by atoms with Crippen LogP contribution in [0.15, 0.2) is 0 Å². The third-order valence-electron chi connectivity index (χ3n) is 4.21. The molecule has 0 aromatic rings. The van der Waals surface area contributed by atoms with Gasteiger partial charge in [0.05, 0.1) is 6.54 Å². The molecule has 0 aliphatic carbocycles. The number of amides is 2. The first kappa shape index (κ1) is 14.3. The summed E-state index contributed by atoms with van der Waals surface area (Å²) in [4.78, 5) is 28.1. The van der Waals surface area contributed by atoms with Crippen LogP contribution >= 0.6 is 0 Å². The van der Waals surface area contributed by atoms with Gasteiger partial charge in [0.15, 0.2) is 0 Å². The zero-order chi connectivity index (χ0) is 13.8. The number of carbonyl (C=O) groups excluding carboxylic acids is 2. The second kappa shape index (κ2) is 6.37. The minimum atomic E-state index is -0.305. The van der Waals surface area contributed by atoms with Crippen LogP contribution in [0.4, 0.5) is 0 Å². The number of likely N-dealkylation sites (N-methyl/N-ethyl adjacent to an activating group) is 1. The Morgan fingerprint density at radius 3 is 2.79 bits per heavy atom. The van der Waals surface area contributed by atoms with Crippen LogP contribution in [0.3, 0.4) is 0 Å². The van der Waals surface area contributed by atoms with E-state index >= 15 is 0 Å². The van der Waals surface area contributed by atoms with E-state index in [9.17, 15) is 9.59 Å². The molecule has 2 aliphatic heterocycles. The van der Waals surface area contributed by atoms with Gasteiger partial charge >= 0.3 is 0 Å². The molecule has 2 atom stereocenters. The Bertz CT molecular complexity index is 346. The number of piperazine rings is 1.